The second kappa shape index (κ2) is 29.0. The molecule has 46 heavy (non-hydrogen) atoms. The molecule has 0 bridgehead atoms. The summed E-state index contributed by atoms with van der Waals surface area (Å²) < 4.78 is 11.0. The lowest BCUT2D eigenvalue weighted by Crippen LogP contribution is -2.30. The first kappa shape index (κ1) is 41.9. The van der Waals surface area contributed by atoms with Gasteiger partial charge in [-0.1, -0.05) is 105 Å². The van der Waals surface area contributed by atoms with Gasteiger partial charge in [-0.2, -0.15) is 0 Å². The summed E-state index contributed by atoms with van der Waals surface area (Å²) in [6.07, 6.45) is 35.5. The van der Waals surface area contributed by atoms with E-state index in [1.54, 1.807) is 0 Å². The molecule has 1 atom stereocenters. The molecule has 0 aromatic carbocycles. The largest absolute Gasteiger partial charge is 0.464 e. The number of rotatable bonds is 28. The van der Waals surface area contributed by atoms with Crippen LogP contribution in [0, 0.1) is 5.92 Å². The van der Waals surface area contributed by atoms with Crippen molar-refractivity contribution >= 4 is 11.9 Å². The molecule has 1 aliphatic rings. The Labute approximate surface area is 284 Å². The molecule has 5 nitrogen and oxygen atoms in total. The van der Waals surface area contributed by atoms with E-state index in [1.165, 1.54) is 87.3 Å². The van der Waals surface area contributed by atoms with Crippen LogP contribution in [0.5, 0.6) is 0 Å². The molecule has 0 fully saturated rings. The fourth-order valence-electron chi connectivity index (χ4n) is 5.78. The van der Waals surface area contributed by atoms with Crippen LogP contribution in [0.1, 0.15) is 163 Å². The van der Waals surface area contributed by atoms with Gasteiger partial charge in [0, 0.05) is 19.5 Å². The molecule has 5 heteroatoms. The molecular formula is C41H71NO4. The van der Waals surface area contributed by atoms with Gasteiger partial charge in [0.05, 0.1) is 5.92 Å². The lowest BCUT2D eigenvalue weighted by molar-refractivity contribution is -0.149. The number of esters is 2. The fraction of sp³-hybridized carbons (Fsp3) is 0.756. The highest BCUT2D eigenvalue weighted by atomic mass is 16.5. The van der Waals surface area contributed by atoms with Crippen LogP contribution in [0.4, 0.5) is 0 Å². The molecule has 0 saturated carbocycles. The van der Waals surface area contributed by atoms with Crippen LogP contribution >= 0.6 is 0 Å². The highest BCUT2D eigenvalue weighted by Gasteiger charge is 2.22. The Kier molecular flexibility index (Phi) is 26.4. The monoisotopic (exact) mass is 642 g/mol. The van der Waals surface area contributed by atoms with Crippen molar-refractivity contribution in [2.45, 2.75) is 163 Å². The van der Waals surface area contributed by atoms with E-state index in [1.807, 2.05) is 7.05 Å². The Balaban J connectivity index is 1.99. The van der Waals surface area contributed by atoms with E-state index < -0.39 is 0 Å². The Morgan fingerprint density at radius 2 is 1.41 bits per heavy atom. The van der Waals surface area contributed by atoms with Crippen molar-refractivity contribution in [3.05, 3.63) is 47.1 Å². The van der Waals surface area contributed by atoms with Crippen LogP contribution in [0.25, 0.3) is 0 Å². The normalized spacial score (nSPS) is 15.3. The van der Waals surface area contributed by atoms with Gasteiger partial charge in [0.1, 0.15) is 13.2 Å². The maximum atomic E-state index is 12.6. The predicted octanol–water partition coefficient (Wildman–Crippen LogP) is 11.2. The smallest absolute Gasteiger partial charge is 0.309 e. The highest BCUT2D eigenvalue weighted by molar-refractivity contribution is 5.73. The van der Waals surface area contributed by atoms with Gasteiger partial charge in [-0.25, -0.2) is 0 Å². The lowest BCUT2D eigenvalue weighted by Gasteiger charge is -2.22. The Hall–Kier alpha value is -2.14. The molecule has 1 rings (SSSR count). The Morgan fingerprint density at radius 1 is 0.783 bits per heavy atom. The third-order valence-electron chi connectivity index (χ3n) is 8.98. The summed E-state index contributed by atoms with van der Waals surface area (Å²) in [4.78, 5) is 26.7. The second-order valence-electron chi connectivity index (χ2n) is 13.8. The summed E-state index contributed by atoms with van der Waals surface area (Å²) in [5, 5.41) is 0. The maximum absolute atomic E-state index is 12.6. The summed E-state index contributed by atoms with van der Waals surface area (Å²) in [5.74, 6) is -0.203. The van der Waals surface area contributed by atoms with Crippen LogP contribution in [0.3, 0.4) is 0 Å². The SMILES string of the molecule is CCCCCCCC/C=C\CCCCCCCC(=O)OCCN(C)CCOC(=O)C1CC=C(CC/C=C(\C)CCC=C(C)C)CC1. The number of hydrogen-bond donors (Lipinski definition) is 0. The molecule has 0 aromatic heterocycles. The van der Waals surface area contributed by atoms with E-state index in [2.05, 4.69) is 63.0 Å². The van der Waals surface area contributed by atoms with Gasteiger partial charge < -0.3 is 9.47 Å². The fourth-order valence-corrected chi connectivity index (χ4v) is 5.78. The van der Waals surface area contributed by atoms with Gasteiger partial charge in [-0.05, 0) is 105 Å². The molecule has 264 valence electrons. The third-order valence-corrected chi connectivity index (χ3v) is 8.98. The average molecular weight is 642 g/mol. The number of ether oxygens (including phenoxy) is 2. The first-order chi connectivity index (χ1) is 22.3. The number of carbonyl (C=O) groups is 2. The molecule has 0 aliphatic heterocycles. The molecular weight excluding hydrogens is 570 g/mol. The van der Waals surface area contributed by atoms with Gasteiger partial charge in [0.25, 0.3) is 0 Å². The first-order valence-corrected chi connectivity index (χ1v) is 18.9. The summed E-state index contributed by atoms with van der Waals surface area (Å²) in [6.45, 7) is 10.8. The van der Waals surface area contributed by atoms with Gasteiger partial charge >= 0.3 is 11.9 Å². The summed E-state index contributed by atoms with van der Waals surface area (Å²) in [7, 11) is 1.97. The zero-order chi connectivity index (χ0) is 33.7. The average Bonchev–Trinajstić information content (AvgIpc) is 3.03. The van der Waals surface area contributed by atoms with Crippen molar-refractivity contribution in [1.29, 1.82) is 0 Å². The van der Waals surface area contributed by atoms with Gasteiger partial charge in [-0.15, -0.1) is 0 Å². The van der Waals surface area contributed by atoms with Crippen molar-refractivity contribution in [2.75, 3.05) is 33.4 Å². The molecule has 0 radical (unpaired) electrons. The molecule has 0 saturated heterocycles. The van der Waals surface area contributed by atoms with Crippen LogP contribution in [0.15, 0.2) is 47.1 Å². The van der Waals surface area contributed by atoms with E-state index in [0.29, 0.717) is 32.7 Å². The zero-order valence-electron chi connectivity index (χ0n) is 30.7. The minimum atomic E-state index is -0.104. The molecule has 0 heterocycles. The van der Waals surface area contributed by atoms with Crippen LogP contribution in [-0.2, 0) is 19.1 Å². The first-order valence-electron chi connectivity index (χ1n) is 18.9. The molecule has 1 aliphatic carbocycles. The predicted molar refractivity (Wildman–Crippen MR) is 196 cm³/mol. The number of unbranched alkanes of at least 4 members (excludes halogenated alkanes) is 11. The second-order valence-corrected chi connectivity index (χ2v) is 13.8. The Bertz CT molecular complexity index is 911. The van der Waals surface area contributed by atoms with E-state index >= 15 is 0 Å². The van der Waals surface area contributed by atoms with Gasteiger partial charge in [0.15, 0.2) is 0 Å². The van der Waals surface area contributed by atoms with E-state index in [-0.39, 0.29) is 17.9 Å². The lowest BCUT2D eigenvalue weighted by atomic mass is 9.87. The quantitative estimate of drug-likeness (QED) is 0.0483. The van der Waals surface area contributed by atoms with Crippen molar-refractivity contribution in [2.24, 2.45) is 5.92 Å². The van der Waals surface area contributed by atoms with Crippen LogP contribution in [-0.4, -0.2) is 50.2 Å². The van der Waals surface area contributed by atoms with E-state index in [9.17, 15) is 9.59 Å². The van der Waals surface area contributed by atoms with Crippen LogP contribution in [0.2, 0.25) is 0 Å². The number of nitrogens with zero attached hydrogens (tertiary/aromatic N) is 1. The summed E-state index contributed by atoms with van der Waals surface area (Å²) in [6, 6.07) is 0. The summed E-state index contributed by atoms with van der Waals surface area (Å²) in [5.41, 5.74) is 4.33. The van der Waals surface area contributed by atoms with Crippen molar-refractivity contribution < 1.29 is 19.1 Å². The molecule has 0 spiro atoms. The number of allylic oxidation sites excluding steroid dienone is 8. The van der Waals surface area contributed by atoms with E-state index in [0.717, 1.165) is 57.8 Å². The van der Waals surface area contributed by atoms with Crippen LogP contribution < -0.4 is 0 Å². The minimum Gasteiger partial charge on any atom is -0.464 e. The molecule has 0 aromatic rings. The molecule has 0 N–H and O–H groups in total. The highest BCUT2D eigenvalue weighted by Crippen LogP contribution is 2.27. The molecule has 0 amide bonds. The topological polar surface area (TPSA) is 55.8 Å². The molecule has 1 unspecified atom stereocenters. The van der Waals surface area contributed by atoms with Gasteiger partial charge in [0.2, 0.25) is 0 Å². The zero-order valence-corrected chi connectivity index (χ0v) is 30.7. The maximum Gasteiger partial charge on any atom is 0.309 e. The number of carbonyl (C=O) groups excluding carboxylic acids is 2. The van der Waals surface area contributed by atoms with Crippen molar-refractivity contribution in [3.8, 4) is 0 Å². The summed E-state index contributed by atoms with van der Waals surface area (Å²) >= 11 is 0. The van der Waals surface area contributed by atoms with E-state index in [4.69, 9.17) is 9.47 Å². The standard InChI is InChI=1S/C41H71NO4/c1-6-7-8-9-10-11-12-13-14-15-16-17-18-19-20-27-40(43)45-34-32-42(5)33-35-46-41(44)39-30-28-38(29-31-39)26-22-25-37(4)24-21-23-36(2)3/h13-14,23,25,28,39H,6-12,15-22,24,26-27,29-35H2,1-5H3/b14-13-,37-25+. The third kappa shape index (κ3) is 25.0. The minimum absolute atomic E-state index is 0.0205. The number of likely N-dealkylation sites (N-methyl/N-ethyl adjacent to an activating group) is 1. The Morgan fingerprint density at radius 3 is 2.04 bits per heavy atom. The number of hydrogen-bond acceptors (Lipinski definition) is 5. The van der Waals surface area contributed by atoms with Crippen molar-refractivity contribution in [1.82, 2.24) is 4.90 Å². The van der Waals surface area contributed by atoms with Gasteiger partial charge in [-0.3, -0.25) is 14.5 Å². The van der Waals surface area contributed by atoms with Crippen molar-refractivity contribution in [3.63, 3.8) is 0 Å².